The van der Waals surface area contributed by atoms with Crippen molar-refractivity contribution >= 4 is 41.3 Å². The number of hydrogen-bond acceptors (Lipinski definition) is 11. The van der Waals surface area contributed by atoms with Crippen LogP contribution in [0.25, 0.3) is 0 Å². The van der Waals surface area contributed by atoms with Crippen LogP contribution < -0.4 is 0 Å². The van der Waals surface area contributed by atoms with Gasteiger partial charge in [0.1, 0.15) is 0 Å². The average Bonchev–Trinajstić information content (AvgIpc) is 2.44. The fraction of sp³-hybridized carbons (Fsp3) is 0.643. The Bertz CT molecular complexity index is 601. The number of aliphatic imine (C=N–C) groups is 1. The third kappa shape index (κ3) is 6.22. The van der Waals surface area contributed by atoms with Crippen LogP contribution in [-0.4, -0.2) is 59.9 Å². The van der Waals surface area contributed by atoms with Crippen LogP contribution in [0, 0.1) is 0 Å². The molecule has 0 saturated carbocycles. The molecule has 1 aliphatic heterocycles. The first kappa shape index (κ1) is 20.7. The monoisotopic (exact) mass is 375 g/mol. The summed E-state index contributed by atoms with van der Waals surface area (Å²) in [5.74, 6) is -2.98. The molecule has 1 fully saturated rings. The van der Waals surface area contributed by atoms with E-state index in [2.05, 4.69) is 22.4 Å². The lowest BCUT2D eigenvalue weighted by molar-refractivity contribution is -0.310. The van der Waals surface area contributed by atoms with Gasteiger partial charge in [-0.2, -0.15) is 0 Å². The van der Waals surface area contributed by atoms with E-state index in [1.54, 1.807) is 0 Å². The standard InChI is InChI=1S/C14H17NO9S/c1-6(16)20-11-10(15-5-25)13(22-8(3)18)24-14(23-9(4)19)12(11)21-7(2)17/h10-14H,1-4H3/t10?,11-,12+,13?,14+/m1/s1. The summed E-state index contributed by atoms with van der Waals surface area (Å²) >= 11 is 4.55. The van der Waals surface area contributed by atoms with E-state index >= 15 is 0 Å². The number of ether oxygens (including phenoxy) is 5. The number of esters is 4. The normalized spacial score (nSPS) is 28.1. The van der Waals surface area contributed by atoms with Crippen LogP contribution in [0.4, 0.5) is 0 Å². The average molecular weight is 375 g/mol. The zero-order chi connectivity index (χ0) is 19.1. The highest BCUT2D eigenvalue weighted by molar-refractivity contribution is 7.78. The van der Waals surface area contributed by atoms with E-state index in [0.29, 0.717) is 0 Å². The van der Waals surface area contributed by atoms with Crippen molar-refractivity contribution in [1.82, 2.24) is 0 Å². The maximum absolute atomic E-state index is 11.4. The van der Waals surface area contributed by atoms with Gasteiger partial charge in [-0.25, -0.2) is 4.99 Å². The Kier molecular flexibility index (Phi) is 7.62. The molecule has 0 bridgehead atoms. The predicted octanol–water partition coefficient (Wildman–Crippen LogP) is 0.130. The van der Waals surface area contributed by atoms with Gasteiger partial charge >= 0.3 is 23.9 Å². The predicted molar refractivity (Wildman–Crippen MR) is 82.1 cm³/mol. The van der Waals surface area contributed by atoms with Crippen LogP contribution >= 0.6 is 12.2 Å². The first-order valence-corrected chi connectivity index (χ1v) is 7.47. The summed E-state index contributed by atoms with van der Waals surface area (Å²) in [6, 6.07) is -1.18. The number of nitrogens with zero attached hydrogens (tertiary/aromatic N) is 1. The van der Waals surface area contributed by atoms with Crippen molar-refractivity contribution in [2.75, 3.05) is 0 Å². The summed E-state index contributed by atoms with van der Waals surface area (Å²) in [5, 5.41) is 2.07. The van der Waals surface area contributed by atoms with Crippen molar-refractivity contribution in [3.63, 3.8) is 0 Å². The zero-order valence-corrected chi connectivity index (χ0v) is 14.7. The highest BCUT2D eigenvalue weighted by Gasteiger charge is 2.53. The molecule has 2 unspecified atom stereocenters. The van der Waals surface area contributed by atoms with E-state index in [1.165, 1.54) is 0 Å². The van der Waals surface area contributed by atoms with Crippen molar-refractivity contribution in [1.29, 1.82) is 0 Å². The van der Waals surface area contributed by atoms with E-state index < -0.39 is 54.7 Å². The van der Waals surface area contributed by atoms with Gasteiger partial charge in [0.2, 0.25) is 18.7 Å². The maximum Gasteiger partial charge on any atom is 0.305 e. The summed E-state index contributed by atoms with van der Waals surface area (Å²) < 4.78 is 25.5. The number of carbonyl (C=O) groups is 4. The molecule has 10 nitrogen and oxygen atoms in total. The Hall–Kier alpha value is -2.36. The highest BCUT2D eigenvalue weighted by atomic mass is 32.1. The molecule has 5 atom stereocenters. The molecular weight excluding hydrogens is 358 g/mol. The topological polar surface area (TPSA) is 127 Å². The summed E-state index contributed by atoms with van der Waals surface area (Å²) in [7, 11) is 0. The Labute approximate surface area is 148 Å². The minimum absolute atomic E-state index is 0.733. The van der Waals surface area contributed by atoms with E-state index in [-0.39, 0.29) is 0 Å². The molecular formula is C14H17NO9S. The van der Waals surface area contributed by atoms with Gasteiger partial charge in [-0.05, 0) is 12.2 Å². The Morgan fingerprint density at radius 3 is 1.68 bits per heavy atom. The van der Waals surface area contributed by atoms with Gasteiger partial charge in [0.15, 0.2) is 12.1 Å². The molecule has 1 rings (SSSR count). The fourth-order valence-corrected chi connectivity index (χ4v) is 2.27. The fourth-order valence-electron chi connectivity index (χ4n) is 2.15. The van der Waals surface area contributed by atoms with Crippen molar-refractivity contribution in [2.24, 2.45) is 4.99 Å². The Morgan fingerprint density at radius 1 is 0.800 bits per heavy atom. The lowest BCUT2D eigenvalue weighted by atomic mass is 10.0. The number of rotatable bonds is 5. The molecule has 0 aromatic heterocycles. The van der Waals surface area contributed by atoms with E-state index in [9.17, 15) is 19.2 Å². The SMILES string of the molecule is CC(=O)OC1O[C@H](OC(C)=O)[C@@H](OC(C)=O)[C@H](OC(C)=O)C1N=C=S. The van der Waals surface area contributed by atoms with Crippen LogP contribution in [0.15, 0.2) is 4.99 Å². The molecule has 0 aliphatic carbocycles. The zero-order valence-electron chi connectivity index (χ0n) is 13.9. The second kappa shape index (κ2) is 9.21. The summed E-state index contributed by atoms with van der Waals surface area (Å²) in [5.41, 5.74) is 0. The van der Waals surface area contributed by atoms with Crippen molar-refractivity contribution in [2.45, 2.75) is 58.5 Å². The molecule has 0 spiro atoms. The van der Waals surface area contributed by atoms with Gasteiger partial charge in [0.25, 0.3) is 0 Å². The molecule has 11 heteroatoms. The molecule has 138 valence electrons. The van der Waals surface area contributed by atoms with Crippen molar-refractivity contribution < 1.29 is 42.9 Å². The van der Waals surface area contributed by atoms with E-state index in [1.807, 2.05) is 0 Å². The Morgan fingerprint density at radius 2 is 1.24 bits per heavy atom. The van der Waals surface area contributed by atoms with Gasteiger partial charge in [-0.15, -0.1) is 0 Å². The van der Waals surface area contributed by atoms with Crippen molar-refractivity contribution in [3.05, 3.63) is 0 Å². The lowest BCUT2D eigenvalue weighted by Gasteiger charge is -2.41. The van der Waals surface area contributed by atoms with Gasteiger partial charge in [0.05, 0.1) is 5.16 Å². The molecule has 0 radical (unpaired) electrons. The summed E-state index contributed by atoms with van der Waals surface area (Å²) in [6.45, 7) is 4.42. The molecule has 25 heavy (non-hydrogen) atoms. The summed E-state index contributed by atoms with van der Waals surface area (Å²) in [4.78, 5) is 49.2. The smallest absolute Gasteiger partial charge is 0.305 e. The second-order valence-electron chi connectivity index (χ2n) is 4.95. The van der Waals surface area contributed by atoms with E-state index in [0.717, 1.165) is 27.7 Å². The van der Waals surface area contributed by atoms with Crippen LogP contribution in [-0.2, 0) is 42.9 Å². The van der Waals surface area contributed by atoms with Crippen LogP contribution in [0.5, 0.6) is 0 Å². The van der Waals surface area contributed by atoms with Crippen LogP contribution in [0.1, 0.15) is 27.7 Å². The van der Waals surface area contributed by atoms with Crippen LogP contribution in [0.2, 0.25) is 0 Å². The number of carbonyl (C=O) groups excluding carboxylic acids is 4. The first-order valence-electron chi connectivity index (χ1n) is 7.07. The molecule has 1 heterocycles. The minimum Gasteiger partial charge on any atom is -0.456 e. The number of thiocarbonyl (C=S) groups is 1. The van der Waals surface area contributed by atoms with E-state index in [4.69, 9.17) is 23.7 Å². The van der Waals surface area contributed by atoms with Crippen molar-refractivity contribution in [3.8, 4) is 0 Å². The second-order valence-corrected chi connectivity index (χ2v) is 5.13. The first-order chi connectivity index (χ1) is 11.6. The van der Waals surface area contributed by atoms with Gasteiger partial charge in [-0.3, -0.25) is 23.9 Å². The minimum atomic E-state index is -1.49. The third-order valence-corrected chi connectivity index (χ3v) is 2.95. The lowest BCUT2D eigenvalue weighted by Crippen LogP contribution is -2.61. The molecule has 0 N–H and O–H groups in total. The maximum atomic E-state index is 11.4. The number of hydrogen-bond donors (Lipinski definition) is 0. The third-order valence-electron chi connectivity index (χ3n) is 2.85. The molecule has 0 aromatic carbocycles. The Balaban J connectivity index is 3.32. The quantitative estimate of drug-likeness (QED) is 0.283. The number of isothiocyanates is 1. The summed E-state index contributed by atoms with van der Waals surface area (Å²) in [6.07, 6.45) is -5.55. The molecule has 0 amide bonds. The van der Waals surface area contributed by atoms with Gasteiger partial charge < -0.3 is 18.9 Å². The molecule has 1 aliphatic rings. The van der Waals surface area contributed by atoms with Gasteiger partial charge in [0, 0.05) is 27.7 Å². The van der Waals surface area contributed by atoms with Crippen LogP contribution in [0.3, 0.4) is 0 Å². The van der Waals surface area contributed by atoms with Gasteiger partial charge in [-0.1, -0.05) is 0 Å². The molecule has 0 aromatic rings. The highest BCUT2D eigenvalue weighted by Crippen LogP contribution is 2.30. The largest absolute Gasteiger partial charge is 0.456 e. The molecule has 1 saturated heterocycles.